The second kappa shape index (κ2) is 7.25. The smallest absolute Gasteiger partial charge is 0.0935 e. The summed E-state index contributed by atoms with van der Waals surface area (Å²) >= 11 is 0. The number of methoxy groups -OCH3 is 1. The molecule has 1 aliphatic carbocycles. The topological polar surface area (TPSA) is 30.5 Å². The van der Waals surface area contributed by atoms with Gasteiger partial charge in [0.1, 0.15) is 0 Å². The maximum atomic E-state index is 6.10. The van der Waals surface area contributed by atoms with Crippen molar-refractivity contribution < 1.29 is 9.47 Å². The van der Waals surface area contributed by atoms with Gasteiger partial charge < -0.3 is 14.8 Å². The predicted octanol–water partition coefficient (Wildman–Crippen LogP) is 2.06. The van der Waals surface area contributed by atoms with E-state index in [1.54, 1.807) is 7.11 Å². The van der Waals surface area contributed by atoms with Crippen LogP contribution in [0.15, 0.2) is 0 Å². The van der Waals surface area contributed by atoms with Gasteiger partial charge in [-0.3, -0.25) is 0 Å². The first kappa shape index (κ1) is 13.9. The second-order valence-corrected chi connectivity index (χ2v) is 5.16. The van der Waals surface area contributed by atoms with Gasteiger partial charge in [0.25, 0.3) is 0 Å². The number of ether oxygens (including phenoxy) is 2. The third-order valence-corrected chi connectivity index (χ3v) is 3.72. The van der Waals surface area contributed by atoms with Crippen LogP contribution in [0.4, 0.5) is 0 Å². The molecule has 4 unspecified atom stereocenters. The lowest BCUT2D eigenvalue weighted by molar-refractivity contribution is -0.0713. The molecule has 0 heterocycles. The van der Waals surface area contributed by atoms with Gasteiger partial charge in [-0.1, -0.05) is 13.8 Å². The minimum Gasteiger partial charge on any atom is -0.382 e. The molecule has 0 bridgehead atoms. The Morgan fingerprint density at radius 2 is 2.00 bits per heavy atom. The summed E-state index contributed by atoms with van der Waals surface area (Å²) in [6.07, 6.45) is 4.33. The fraction of sp³-hybridized carbons (Fsp3) is 1.00. The van der Waals surface area contributed by atoms with E-state index < -0.39 is 0 Å². The molecule has 1 saturated carbocycles. The lowest BCUT2D eigenvalue weighted by Crippen LogP contribution is -2.37. The minimum absolute atomic E-state index is 0.195. The highest BCUT2D eigenvalue weighted by molar-refractivity contribution is 4.77. The Labute approximate surface area is 99.9 Å². The Kier molecular flexibility index (Phi) is 6.32. The van der Waals surface area contributed by atoms with Crippen molar-refractivity contribution in [2.75, 3.05) is 27.3 Å². The Morgan fingerprint density at radius 3 is 2.56 bits per heavy atom. The van der Waals surface area contributed by atoms with Crippen LogP contribution in [-0.4, -0.2) is 39.5 Å². The number of hydrogen-bond acceptors (Lipinski definition) is 3. The predicted molar refractivity (Wildman–Crippen MR) is 66.6 cm³/mol. The Hall–Kier alpha value is -0.120. The number of hydrogen-bond donors (Lipinski definition) is 1. The maximum Gasteiger partial charge on any atom is 0.0935 e. The van der Waals surface area contributed by atoms with Crippen LogP contribution in [0.3, 0.4) is 0 Å². The molecule has 0 spiro atoms. The fourth-order valence-corrected chi connectivity index (χ4v) is 2.45. The first-order chi connectivity index (χ1) is 7.67. The minimum atomic E-state index is 0.195. The standard InChI is InChI=1S/C13H27NO2/c1-10-5-6-12(7-11(10)2)16-13(8-14-3)9-15-4/h10-14H,5-9H2,1-4H3. The molecule has 1 N–H and O–H groups in total. The lowest BCUT2D eigenvalue weighted by Gasteiger charge is -2.34. The van der Waals surface area contributed by atoms with Gasteiger partial charge in [0, 0.05) is 13.7 Å². The van der Waals surface area contributed by atoms with E-state index in [9.17, 15) is 0 Å². The summed E-state index contributed by atoms with van der Waals surface area (Å²) in [6, 6.07) is 0. The van der Waals surface area contributed by atoms with Crippen molar-refractivity contribution in [3.63, 3.8) is 0 Å². The van der Waals surface area contributed by atoms with Crippen molar-refractivity contribution in [3.8, 4) is 0 Å². The number of likely N-dealkylation sites (N-methyl/N-ethyl adjacent to an activating group) is 1. The van der Waals surface area contributed by atoms with Gasteiger partial charge in [0.05, 0.1) is 18.8 Å². The highest BCUT2D eigenvalue weighted by Crippen LogP contribution is 2.31. The molecule has 3 heteroatoms. The lowest BCUT2D eigenvalue weighted by atomic mass is 9.80. The third-order valence-electron chi connectivity index (χ3n) is 3.72. The molecule has 0 aromatic heterocycles. The van der Waals surface area contributed by atoms with Crippen LogP contribution < -0.4 is 5.32 Å². The Balaban J connectivity index is 2.33. The molecule has 0 aromatic carbocycles. The van der Waals surface area contributed by atoms with Gasteiger partial charge in [0.2, 0.25) is 0 Å². The van der Waals surface area contributed by atoms with E-state index in [0.717, 1.165) is 18.4 Å². The van der Waals surface area contributed by atoms with Crippen molar-refractivity contribution >= 4 is 0 Å². The molecule has 4 atom stereocenters. The van der Waals surface area contributed by atoms with Gasteiger partial charge in [0.15, 0.2) is 0 Å². The van der Waals surface area contributed by atoms with E-state index in [1.165, 1.54) is 19.3 Å². The molecule has 1 rings (SSSR count). The van der Waals surface area contributed by atoms with E-state index in [2.05, 4.69) is 19.2 Å². The van der Waals surface area contributed by atoms with Gasteiger partial charge in [-0.2, -0.15) is 0 Å². The van der Waals surface area contributed by atoms with Crippen LogP contribution in [-0.2, 0) is 9.47 Å². The molecule has 0 aliphatic heterocycles. The zero-order valence-electron chi connectivity index (χ0n) is 11.2. The Bertz CT molecular complexity index is 181. The Morgan fingerprint density at radius 1 is 1.25 bits per heavy atom. The van der Waals surface area contributed by atoms with Crippen LogP contribution >= 0.6 is 0 Å². The molecular weight excluding hydrogens is 202 g/mol. The first-order valence-electron chi connectivity index (χ1n) is 6.46. The van der Waals surface area contributed by atoms with Crippen molar-refractivity contribution in [1.82, 2.24) is 5.32 Å². The van der Waals surface area contributed by atoms with Crippen molar-refractivity contribution in [2.24, 2.45) is 11.8 Å². The average molecular weight is 229 g/mol. The van der Waals surface area contributed by atoms with Crippen molar-refractivity contribution in [3.05, 3.63) is 0 Å². The molecule has 3 nitrogen and oxygen atoms in total. The molecule has 0 saturated heterocycles. The average Bonchev–Trinajstić information content (AvgIpc) is 2.24. The maximum absolute atomic E-state index is 6.10. The zero-order valence-corrected chi connectivity index (χ0v) is 11.2. The SMILES string of the molecule is CNCC(COC)OC1CCC(C)C(C)C1. The normalized spacial score (nSPS) is 32.6. The quantitative estimate of drug-likeness (QED) is 0.756. The third kappa shape index (κ3) is 4.40. The van der Waals surface area contributed by atoms with Gasteiger partial charge in [-0.15, -0.1) is 0 Å². The van der Waals surface area contributed by atoms with Crippen molar-refractivity contribution in [1.29, 1.82) is 0 Å². The second-order valence-electron chi connectivity index (χ2n) is 5.16. The van der Waals surface area contributed by atoms with Gasteiger partial charge >= 0.3 is 0 Å². The summed E-state index contributed by atoms with van der Waals surface area (Å²) < 4.78 is 11.3. The fourth-order valence-electron chi connectivity index (χ4n) is 2.45. The van der Waals surface area contributed by atoms with E-state index >= 15 is 0 Å². The van der Waals surface area contributed by atoms with Crippen LogP contribution in [0.1, 0.15) is 33.1 Å². The molecule has 96 valence electrons. The first-order valence-corrected chi connectivity index (χ1v) is 6.46. The summed E-state index contributed by atoms with van der Waals surface area (Å²) in [6.45, 7) is 6.24. The molecule has 0 radical (unpaired) electrons. The monoisotopic (exact) mass is 229 g/mol. The van der Waals surface area contributed by atoms with E-state index in [-0.39, 0.29) is 6.10 Å². The summed E-state index contributed by atoms with van der Waals surface area (Å²) in [5, 5.41) is 3.16. The van der Waals surface area contributed by atoms with Crippen LogP contribution in [0.2, 0.25) is 0 Å². The van der Waals surface area contributed by atoms with Crippen LogP contribution in [0.25, 0.3) is 0 Å². The van der Waals surface area contributed by atoms with Gasteiger partial charge in [-0.05, 0) is 38.1 Å². The van der Waals surface area contributed by atoms with Crippen LogP contribution in [0, 0.1) is 11.8 Å². The summed E-state index contributed by atoms with van der Waals surface area (Å²) in [5.74, 6) is 1.64. The van der Waals surface area contributed by atoms with E-state index in [0.29, 0.717) is 12.7 Å². The molecule has 16 heavy (non-hydrogen) atoms. The molecule has 0 aromatic rings. The summed E-state index contributed by atoms with van der Waals surface area (Å²) in [7, 11) is 3.69. The zero-order chi connectivity index (χ0) is 12.0. The molecule has 1 fully saturated rings. The van der Waals surface area contributed by atoms with Gasteiger partial charge in [-0.25, -0.2) is 0 Å². The molecule has 1 aliphatic rings. The largest absolute Gasteiger partial charge is 0.382 e. The number of rotatable bonds is 6. The van der Waals surface area contributed by atoms with E-state index in [4.69, 9.17) is 9.47 Å². The van der Waals surface area contributed by atoms with E-state index in [1.807, 2.05) is 7.05 Å². The molecule has 0 amide bonds. The summed E-state index contributed by atoms with van der Waals surface area (Å²) in [5.41, 5.74) is 0. The number of nitrogens with one attached hydrogen (secondary N) is 1. The van der Waals surface area contributed by atoms with Crippen molar-refractivity contribution in [2.45, 2.75) is 45.3 Å². The van der Waals surface area contributed by atoms with Crippen LogP contribution in [0.5, 0.6) is 0 Å². The molecular formula is C13H27NO2. The highest BCUT2D eigenvalue weighted by Gasteiger charge is 2.26. The summed E-state index contributed by atoms with van der Waals surface area (Å²) in [4.78, 5) is 0. The highest BCUT2D eigenvalue weighted by atomic mass is 16.5.